The van der Waals surface area contributed by atoms with Crippen LogP contribution in [0.5, 0.6) is 0 Å². The number of H-pyrrole nitrogens is 1. The first kappa shape index (κ1) is 14.3. The van der Waals surface area contributed by atoms with Crippen LogP contribution in [0.3, 0.4) is 0 Å². The number of rotatable bonds is 2. The van der Waals surface area contributed by atoms with E-state index in [9.17, 15) is 9.18 Å². The maximum absolute atomic E-state index is 13.5. The molecular formula is C17H14FN3OS. The van der Waals surface area contributed by atoms with Crippen LogP contribution < -0.4 is 5.32 Å². The molecule has 1 amide bonds. The molecule has 6 heteroatoms. The van der Waals surface area contributed by atoms with Crippen molar-refractivity contribution in [3.63, 3.8) is 0 Å². The third kappa shape index (κ3) is 2.59. The van der Waals surface area contributed by atoms with E-state index in [4.69, 9.17) is 0 Å². The first-order valence-electron chi connectivity index (χ1n) is 7.38. The molecule has 116 valence electrons. The van der Waals surface area contributed by atoms with Crippen LogP contribution in [-0.4, -0.2) is 21.9 Å². The van der Waals surface area contributed by atoms with Gasteiger partial charge in [0.1, 0.15) is 5.82 Å². The molecule has 2 N–H and O–H groups in total. The molecule has 0 fully saturated rings. The predicted octanol–water partition coefficient (Wildman–Crippen LogP) is 3.67. The molecule has 23 heavy (non-hydrogen) atoms. The number of nitrogens with zero attached hydrogens (tertiary/aromatic N) is 1. The maximum atomic E-state index is 13.5. The third-order valence-electron chi connectivity index (χ3n) is 4.00. The zero-order valence-electron chi connectivity index (χ0n) is 12.2. The summed E-state index contributed by atoms with van der Waals surface area (Å²) in [7, 11) is 0. The Kier molecular flexibility index (Phi) is 3.53. The van der Waals surface area contributed by atoms with E-state index in [2.05, 4.69) is 15.5 Å². The number of hydrogen-bond acceptors (Lipinski definition) is 3. The van der Waals surface area contributed by atoms with Crippen LogP contribution in [0.15, 0.2) is 47.4 Å². The van der Waals surface area contributed by atoms with Crippen molar-refractivity contribution in [2.45, 2.75) is 17.4 Å². The Morgan fingerprint density at radius 2 is 2.17 bits per heavy atom. The smallest absolute Gasteiger partial charge is 0.272 e. The van der Waals surface area contributed by atoms with Crippen molar-refractivity contribution < 1.29 is 9.18 Å². The van der Waals surface area contributed by atoms with E-state index in [0.717, 1.165) is 33.5 Å². The minimum atomic E-state index is -0.282. The van der Waals surface area contributed by atoms with Gasteiger partial charge in [0.05, 0.1) is 11.6 Å². The van der Waals surface area contributed by atoms with Gasteiger partial charge in [0.15, 0.2) is 5.69 Å². The second-order valence-electron chi connectivity index (χ2n) is 5.46. The van der Waals surface area contributed by atoms with Gasteiger partial charge in [-0.25, -0.2) is 4.39 Å². The number of aromatic nitrogens is 2. The Balaban J connectivity index is 1.64. The summed E-state index contributed by atoms with van der Waals surface area (Å²) in [6.45, 7) is 0. The molecule has 0 bridgehead atoms. The van der Waals surface area contributed by atoms with E-state index in [1.165, 1.54) is 12.1 Å². The predicted molar refractivity (Wildman–Crippen MR) is 88.0 cm³/mol. The van der Waals surface area contributed by atoms with Crippen molar-refractivity contribution in [1.82, 2.24) is 15.5 Å². The van der Waals surface area contributed by atoms with E-state index < -0.39 is 0 Å². The highest BCUT2D eigenvalue weighted by molar-refractivity contribution is 7.99. The number of hydrogen-bond donors (Lipinski definition) is 2. The lowest BCUT2D eigenvalue weighted by Crippen LogP contribution is -2.31. The second kappa shape index (κ2) is 5.70. The Hall–Kier alpha value is -2.34. The molecule has 0 saturated heterocycles. The first-order valence-corrected chi connectivity index (χ1v) is 8.37. The number of para-hydroxylation sites is 1. The number of carbonyl (C=O) groups is 1. The summed E-state index contributed by atoms with van der Waals surface area (Å²) in [5.74, 6) is 0.371. The van der Waals surface area contributed by atoms with Gasteiger partial charge >= 0.3 is 0 Å². The Morgan fingerprint density at radius 3 is 3.09 bits per heavy atom. The number of halogens is 1. The number of fused-ring (bicyclic) bond motifs is 2. The molecule has 0 spiro atoms. The topological polar surface area (TPSA) is 57.8 Å². The van der Waals surface area contributed by atoms with Crippen LogP contribution in [0, 0.1) is 5.82 Å². The maximum Gasteiger partial charge on any atom is 0.272 e. The highest BCUT2D eigenvalue weighted by atomic mass is 32.2. The highest BCUT2D eigenvalue weighted by Gasteiger charge is 2.24. The number of nitrogens with one attached hydrogen (secondary N) is 2. The molecule has 2 aromatic carbocycles. The van der Waals surface area contributed by atoms with Crippen LogP contribution in [0.25, 0.3) is 10.9 Å². The molecule has 0 unspecified atom stereocenters. The highest BCUT2D eigenvalue weighted by Crippen LogP contribution is 2.36. The van der Waals surface area contributed by atoms with Crippen LogP contribution >= 0.6 is 11.8 Å². The zero-order valence-corrected chi connectivity index (χ0v) is 13.0. The fourth-order valence-electron chi connectivity index (χ4n) is 2.88. The molecule has 0 radical (unpaired) electrons. The molecule has 0 aliphatic carbocycles. The Morgan fingerprint density at radius 1 is 1.30 bits per heavy atom. The summed E-state index contributed by atoms with van der Waals surface area (Å²) in [6.07, 6.45) is 0.773. The van der Waals surface area contributed by atoms with Gasteiger partial charge in [0, 0.05) is 16.0 Å². The monoisotopic (exact) mass is 327 g/mol. The average molecular weight is 327 g/mol. The van der Waals surface area contributed by atoms with Crippen molar-refractivity contribution in [3.8, 4) is 0 Å². The van der Waals surface area contributed by atoms with Gasteiger partial charge in [0.25, 0.3) is 5.91 Å². The summed E-state index contributed by atoms with van der Waals surface area (Å²) in [5, 5.41) is 10.8. The molecule has 2 heterocycles. The van der Waals surface area contributed by atoms with E-state index in [0.29, 0.717) is 5.69 Å². The van der Waals surface area contributed by atoms with E-state index >= 15 is 0 Å². The Labute approximate surface area is 136 Å². The molecule has 1 atom stereocenters. The van der Waals surface area contributed by atoms with Gasteiger partial charge in [-0.15, -0.1) is 11.8 Å². The molecule has 1 aliphatic heterocycles. The summed E-state index contributed by atoms with van der Waals surface area (Å²) in [6, 6.07) is 12.0. The molecule has 0 saturated carbocycles. The number of aromatic amines is 1. The molecule has 1 aliphatic rings. The van der Waals surface area contributed by atoms with Gasteiger partial charge in [-0.3, -0.25) is 9.89 Å². The van der Waals surface area contributed by atoms with Gasteiger partial charge in [0.2, 0.25) is 0 Å². The molecule has 3 aromatic rings. The quantitative estimate of drug-likeness (QED) is 0.755. The lowest BCUT2D eigenvalue weighted by molar-refractivity contribution is 0.0931. The van der Waals surface area contributed by atoms with Crippen LogP contribution in [0.2, 0.25) is 0 Å². The molecule has 4 rings (SSSR count). The number of amides is 1. The Bertz CT molecular complexity index is 892. The molecular weight excluding hydrogens is 313 g/mol. The summed E-state index contributed by atoms with van der Waals surface area (Å²) >= 11 is 1.69. The van der Waals surface area contributed by atoms with E-state index in [1.54, 1.807) is 17.8 Å². The van der Waals surface area contributed by atoms with Crippen molar-refractivity contribution in [2.75, 3.05) is 5.75 Å². The minimum Gasteiger partial charge on any atom is -0.344 e. The fourth-order valence-corrected chi connectivity index (χ4v) is 3.98. The first-order chi connectivity index (χ1) is 11.2. The third-order valence-corrected chi connectivity index (χ3v) is 5.12. The molecule has 4 nitrogen and oxygen atoms in total. The molecule has 1 aromatic heterocycles. The van der Waals surface area contributed by atoms with Gasteiger partial charge in [-0.1, -0.05) is 18.2 Å². The van der Waals surface area contributed by atoms with Crippen molar-refractivity contribution in [3.05, 3.63) is 59.5 Å². The minimum absolute atomic E-state index is 0.190. The van der Waals surface area contributed by atoms with Crippen molar-refractivity contribution >= 4 is 28.6 Å². The lowest BCUT2D eigenvalue weighted by atomic mass is 10.0. The summed E-state index contributed by atoms with van der Waals surface area (Å²) in [4.78, 5) is 13.6. The van der Waals surface area contributed by atoms with Crippen molar-refractivity contribution in [2.24, 2.45) is 0 Å². The van der Waals surface area contributed by atoms with Gasteiger partial charge < -0.3 is 5.32 Å². The number of thioether (sulfide) groups is 1. The van der Waals surface area contributed by atoms with Crippen LogP contribution in [-0.2, 0) is 0 Å². The average Bonchev–Trinajstić information content (AvgIpc) is 2.99. The van der Waals surface area contributed by atoms with Crippen LogP contribution in [0.4, 0.5) is 4.39 Å². The standard InChI is InChI=1S/C17H14FN3OS/c18-10-5-6-15-12(9-10)13(7-8-23-15)19-17(22)16-11-3-1-2-4-14(11)20-21-16/h1-6,9,13H,7-8H2,(H,19,22)(H,20,21)/t13-/m0/s1. The van der Waals surface area contributed by atoms with Gasteiger partial charge in [-0.05, 0) is 36.2 Å². The van der Waals surface area contributed by atoms with Crippen LogP contribution in [0.1, 0.15) is 28.5 Å². The number of carbonyl (C=O) groups excluding carboxylic acids is 1. The van der Waals surface area contributed by atoms with Gasteiger partial charge in [-0.2, -0.15) is 5.10 Å². The normalized spacial score (nSPS) is 17.0. The summed E-state index contributed by atoms with van der Waals surface area (Å²) < 4.78 is 13.5. The zero-order chi connectivity index (χ0) is 15.8. The SMILES string of the molecule is O=C(N[C@H]1CCSc2ccc(F)cc21)c1n[nH]c2ccccc12. The van der Waals surface area contributed by atoms with E-state index in [1.807, 2.05) is 24.3 Å². The second-order valence-corrected chi connectivity index (χ2v) is 6.60. The largest absolute Gasteiger partial charge is 0.344 e. The van der Waals surface area contributed by atoms with Crippen molar-refractivity contribution in [1.29, 1.82) is 0 Å². The number of benzene rings is 2. The lowest BCUT2D eigenvalue weighted by Gasteiger charge is -2.25. The van der Waals surface area contributed by atoms with E-state index in [-0.39, 0.29) is 17.8 Å². The fraction of sp³-hybridized carbons (Fsp3) is 0.176. The summed E-state index contributed by atoms with van der Waals surface area (Å²) in [5.41, 5.74) is 2.04.